The number of carbonyl (C=O) groups excluding carboxylic acids is 2. The van der Waals surface area contributed by atoms with Crippen LogP contribution >= 0.6 is 23.6 Å². The first kappa shape index (κ1) is 22.3. The zero-order valence-corrected chi connectivity index (χ0v) is 20.6. The van der Waals surface area contributed by atoms with E-state index >= 15 is 0 Å². The van der Waals surface area contributed by atoms with E-state index in [2.05, 4.69) is 21.5 Å². The van der Waals surface area contributed by atoms with E-state index in [1.807, 2.05) is 6.07 Å². The molecule has 4 aliphatic carbocycles. The van der Waals surface area contributed by atoms with Crippen molar-refractivity contribution in [2.45, 2.75) is 51.0 Å². The van der Waals surface area contributed by atoms with Crippen molar-refractivity contribution in [3.63, 3.8) is 0 Å². The molecule has 6 rings (SSSR count). The van der Waals surface area contributed by atoms with Crippen molar-refractivity contribution in [3.8, 4) is 0 Å². The van der Waals surface area contributed by atoms with E-state index in [1.54, 1.807) is 6.92 Å². The molecule has 4 fully saturated rings. The summed E-state index contributed by atoms with van der Waals surface area (Å²) in [7, 11) is 2.60. The zero-order chi connectivity index (χ0) is 23.3. The van der Waals surface area contributed by atoms with Gasteiger partial charge >= 0.3 is 11.9 Å². The predicted octanol–water partition coefficient (Wildman–Crippen LogP) is 4.56. The molecule has 33 heavy (non-hydrogen) atoms. The maximum Gasteiger partial charge on any atom is 0.348 e. The van der Waals surface area contributed by atoms with Gasteiger partial charge in [-0.2, -0.15) is 5.10 Å². The normalized spacial score (nSPS) is 27.3. The number of thiophene rings is 1. The van der Waals surface area contributed by atoms with Gasteiger partial charge in [0.15, 0.2) is 10.9 Å². The van der Waals surface area contributed by atoms with E-state index < -0.39 is 11.9 Å². The number of hydrogen-bond donors (Lipinski definition) is 2. The summed E-state index contributed by atoms with van der Waals surface area (Å²) in [6, 6.07) is 1.94. The van der Waals surface area contributed by atoms with Crippen LogP contribution < -0.4 is 10.6 Å². The van der Waals surface area contributed by atoms with Crippen molar-refractivity contribution < 1.29 is 19.1 Å². The van der Waals surface area contributed by atoms with Crippen molar-refractivity contribution in [1.29, 1.82) is 0 Å². The zero-order valence-electron chi connectivity index (χ0n) is 19.0. The molecule has 8 nitrogen and oxygen atoms in total. The molecule has 0 radical (unpaired) electrons. The first-order valence-corrected chi connectivity index (χ1v) is 12.5. The van der Waals surface area contributed by atoms with Crippen LogP contribution in [0.3, 0.4) is 0 Å². The molecule has 0 spiro atoms. The van der Waals surface area contributed by atoms with Gasteiger partial charge in [-0.3, -0.25) is 4.68 Å². The number of methoxy groups -OCH3 is 2. The van der Waals surface area contributed by atoms with E-state index in [0.29, 0.717) is 21.3 Å². The van der Waals surface area contributed by atoms with E-state index in [0.717, 1.165) is 29.1 Å². The summed E-state index contributed by atoms with van der Waals surface area (Å²) in [5, 5.41) is 11.7. The number of esters is 2. The molecule has 2 N–H and O–H groups in total. The maximum atomic E-state index is 12.3. The molecule has 0 saturated heterocycles. The van der Waals surface area contributed by atoms with Crippen molar-refractivity contribution >= 4 is 51.4 Å². The summed E-state index contributed by atoms with van der Waals surface area (Å²) in [6.07, 6.45) is 9.87. The number of thiocarbonyl (C=S) groups is 1. The molecule has 0 atom stereocenters. The van der Waals surface area contributed by atoms with Gasteiger partial charge in [-0.25, -0.2) is 9.59 Å². The first-order valence-electron chi connectivity index (χ1n) is 11.3. The Morgan fingerprint density at radius 2 is 1.70 bits per heavy atom. The highest BCUT2D eigenvalue weighted by Crippen LogP contribution is 2.58. The van der Waals surface area contributed by atoms with Crippen LogP contribution in [0.2, 0.25) is 0 Å². The van der Waals surface area contributed by atoms with Gasteiger partial charge in [0.2, 0.25) is 0 Å². The highest BCUT2D eigenvalue weighted by atomic mass is 32.1. The Labute approximate surface area is 202 Å². The van der Waals surface area contributed by atoms with Crippen LogP contribution in [0.25, 0.3) is 0 Å². The molecule has 4 bridgehead atoms. The summed E-state index contributed by atoms with van der Waals surface area (Å²) >= 11 is 6.60. The minimum atomic E-state index is -0.546. The van der Waals surface area contributed by atoms with Gasteiger partial charge in [-0.1, -0.05) is 0 Å². The maximum absolute atomic E-state index is 12.3. The Kier molecular flexibility index (Phi) is 5.68. The fourth-order valence-electron chi connectivity index (χ4n) is 6.49. The van der Waals surface area contributed by atoms with Crippen LogP contribution in [0.1, 0.15) is 64.1 Å². The number of carbonyl (C=O) groups is 2. The van der Waals surface area contributed by atoms with Crippen LogP contribution in [-0.2, 0) is 15.0 Å². The minimum absolute atomic E-state index is 0.141. The Morgan fingerprint density at radius 1 is 1.09 bits per heavy atom. The lowest BCUT2D eigenvalue weighted by atomic mass is 9.53. The van der Waals surface area contributed by atoms with Crippen molar-refractivity contribution in [1.82, 2.24) is 9.78 Å². The van der Waals surface area contributed by atoms with Crippen LogP contribution in [0.15, 0.2) is 12.3 Å². The van der Waals surface area contributed by atoms with E-state index in [4.69, 9.17) is 26.8 Å². The van der Waals surface area contributed by atoms with Crippen LogP contribution in [-0.4, -0.2) is 41.1 Å². The summed E-state index contributed by atoms with van der Waals surface area (Å²) < 4.78 is 11.9. The predicted molar refractivity (Wildman–Crippen MR) is 130 cm³/mol. The topological polar surface area (TPSA) is 94.5 Å². The molecule has 2 aromatic heterocycles. The molecule has 4 aliphatic rings. The van der Waals surface area contributed by atoms with Gasteiger partial charge in [0.05, 0.1) is 25.3 Å². The van der Waals surface area contributed by atoms with Gasteiger partial charge in [-0.15, -0.1) is 11.3 Å². The fraction of sp³-hybridized carbons (Fsp3) is 0.565. The van der Waals surface area contributed by atoms with Gasteiger partial charge in [0.25, 0.3) is 0 Å². The molecule has 0 aromatic carbocycles. The van der Waals surface area contributed by atoms with Gasteiger partial charge in [0.1, 0.15) is 9.88 Å². The van der Waals surface area contributed by atoms with Crippen molar-refractivity contribution in [2.24, 2.45) is 17.8 Å². The number of hydrogen-bond acceptors (Lipinski definition) is 7. The summed E-state index contributed by atoms with van der Waals surface area (Å²) in [4.78, 5) is 24.8. The third-order valence-corrected chi connectivity index (χ3v) is 8.85. The lowest BCUT2D eigenvalue weighted by Crippen LogP contribution is -2.52. The standard InChI is InChI=1S/C23H28N4O4S2/c1-12-17(20(28)30-2)19(33-18(12)21(29)31-3)25-22(32)24-16-4-5-27(26-16)23-9-13-6-14(10-23)8-15(7-13)11-23/h4-5,13-15H,6-11H2,1-3H3,(H2,24,25,26,32). The molecule has 4 saturated carbocycles. The molecule has 176 valence electrons. The lowest BCUT2D eigenvalue weighted by Gasteiger charge is -2.56. The number of nitrogens with one attached hydrogen (secondary N) is 2. The van der Waals surface area contributed by atoms with Crippen molar-refractivity contribution in [3.05, 3.63) is 28.3 Å². The average Bonchev–Trinajstić information content (AvgIpc) is 3.36. The molecule has 2 aromatic rings. The molecular formula is C23H28N4O4S2. The van der Waals surface area contributed by atoms with Crippen molar-refractivity contribution in [2.75, 3.05) is 24.9 Å². The summed E-state index contributed by atoms with van der Waals surface area (Å²) in [6.45, 7) is 1.68. The highest BCUT2D eigenvalue weighted by Gasteiger charge is 2.52. The van der Waals surface area contributed by atoms with Crippen LogP contribution in [0.5, 0.6) is 0 Å². The number of nitrogens with zero attached hydrogens (tertiary/aromatic N) is 2. The van der Waals surface area contributed by atoms with E-state index in [1.165, 1.54) is 52.7 Å². The number of rotatable bonds is 5. The number of aromatic nitrogens is 2. The molecular weight excluding hydrogens is 460 g/mol. The van der Waals surface area contributed by atoms with E-state index in [9.17, 15) is 9.59 Å². The van der Waals surface area contributed by atoms with Gasteiger partial charge in [0, 0.05) is 12.3 Å². The molecule has 2 heterocycles. The quantitative estimate of drug-likeness (QED) is 0.467. The van der Waals surface area contributed by atoms with E-state index in [-0.39, 0.29) is 16.2 Å². The summed E-state index contributed by atoms with van der Waals surface area (Å²) in [5.74, 6) is 2.11. The number of ether oxygens (including phenoxy) is 2. The molecule has 0 amide bonds. The minimum Gasteiger partial charge on any atom is -0.465 e. The Morgan fingerprint density at radius 3 is 2.27 bits per heavy atom. The van der Waals surface area contributed by atoms with Gasteiger partial charge in [-0.05, 0) is 81.0 Å². The summed E-state index contributed by atoms with van der Waals surface area (Å²) in [5.41, 5.74) is 0.906. The molecule has 0 aliphatic heterocycles. The Balaban J connectivity index is 1.32. The lowest BCUT2D eigenvalue weighted by molar-refractivity contribution is -0.0492. The SMILES string of the molecule is COC(=O)c1sc(NC(=S)Nc2ccn(C34CC5CC(CC(C5)C3)C4)n2)c(C(=O)OC)c1C. The Hall–Kier alpha value is -2.46. The monoisotopic (exact) mass is 488 g/mol. The largest absolute Gasteiger partial charge is 0.465 e. The second-order valence-electron chi connectivity index (χ2n) is 9.61. The Bertz CT molecular complexity index is 1090. The highest BCUT2D eigenvalue weighted by molar-refractivity contribution is 7.80. The van der Waals surface area contributed by atoms with Gasteiger partial charge < -0.3 is 20.1 Å². The number of anilines is 2. The molecule has 0 unspecified atom stereocenters. The average molecular weight is 489 g/mol. The first-order chi connectivity index (χ1) is 15.8. The smallest absolute Gasteiger partial charge is 0.348 e. The third kappa shape index (κ3) is 3.93. The molecule has 10 heteroatoms. The second-order valence-corrected chi connectivity index (χ2v) is 11.0. The second kappa shape index (κ2) is 8.39. The van der Waals surface area contributed by atoms with Crippen LogP contribution in [0.4, 0.5) is 10.8 Å². The fourth-order valence-corrected chi connectivity index (χ4v) is 7.88. The third-order valence-electron chi connectivity index (χ3n) is 7.46. The van der Waals surface area contributed by atoms with Crippen LogP contribution in [0, 0.1) is 24.7 Å².